The van der Waals surface area contributed by atoms with Crippen LogP contribution in [0.1, 0.15) is 25.1 Å². The molecule has 1 aromatic rings. The molecule has 1 saturated heterocycles. The molecule has 0 aliphatic carbocycles. The van der Waals surface area contributed by atoms with Crippen LogP contribution in [0.2, 0.25) is 0 Å². The Kier molecular flexibility index (Phi) is 5.62. The molecule has 1 aliphatic heterocycles. The molecule has 1 unspecified atom stereocenters. The molecule has 0 spiro atoms. The number of aliphatic hydroxyl groups excluding tert-OH is 1. The van der Waals surface area contributed by atoms with Gasteiger partial charge in [0.15, 0.2) is 0 Å². The first-order valence-corrected chi connectivity index (χ1v) is 8.57. The summed E-state index contributed by atoms with van der Waals surface area (Å²) in [5, 5.41) is 9.87. The van der Waals surface area contributed by atoms with Crippen molar-refractivity contribution in [2.24, 2.45) is 0 Å². The first kappa shape index (κ1) is 19.5. The van der Waals surface area contributed by atoms with Gasteiger partial charge in [0, 0.05) is 25.1 Å². The van der Waals surface area contributed by atoms with Crippen LogP contribution in [0.25, 0.3) is 0 Å². The highest BCUT2D eigenvalue weighted by Gasteiger charge is 2.45. The Morgan fingerprint density at radius 3 is 2.68 bits per heavy atom. The maximum atomic E-state index is 11.9. The molecule has 1 fully saturated rings. The summed E-state index contributed by atoms with van der Waals surface area (Å²) in [6.45, 7) is 2.46. The van der Waals surface area contributed by atoms with E-state index < -0.39 is 49.8 Å². The van der Waals surface area contributed by atoms with Gasteiger partial charge in [-0.15, -0.1) is 0 Å². The van der Waals surface area contributed by atoms with Crippen LogP contribution in [0.5, 0.6) is 0 Å². The number of ether oxygens (including phenoxy) is 2. The Morgan fingerprint density at radius 2 is 2.12 bits per heavy atom. The first-order valence-electron chi connectivity index (χ1n) is 7.04. The quantitative estimate of drug-likeness (QED) is 0.267. The Bertz CT molecular complexity index is 811. The van der Waals surface area contributed by atoms with Crippen molar-refractivity contribution in [3.8, 4) is 0 Å². The molecule has 25 heavy (non-hydrogen) atoms. The molecule has 2 rings (SSSR count). The predicted octanol–water partition coefficient (Wildman–Crippen LogP) is -1.51. The van der Waals surface area contributed by atoms with Crippen LogP contribution in [0.3, 0.4) is 0 Å². The fourth-order valence-corrected chi connectivity index (χ4v) is 2.96. The molecule has 0 saturated carbocycles. The van der Waals surface area contributed by atoms with Gasteiger partial charge in [0.2, 0.25) is 6.29 Å². The average Bonchev–Trinajstić information content (AvgIpc) is 2.83. The highest BCUT2D eigenvalue weighted by atomic mass is 31.2. The number of phosphoric acid groups is 1. The van der Waals surface area contributed by atoms with Gasteiger partial charge in [-0.05, 0) is 6.92 Å². The summed E-state index contributed by atoms with van der Waals surface area (Å²) in [4.78, 5) is 54.3. The van der Waals surface area contributed by atoms with E-state index >= 15 is 0 Å². The summed E-state index contributed by atoms with van der Waals surface area (Å²) in [5.41, 5.74) is -1.23. The molecule has 13 heteroatoms. The van der Waals surface area contributed by atoms with Gasteiger partial charge in [0.25, 0.3) is 5.56 Å². The van der Waals surface area contributed by atoms with Crippen LogP contribution in [0.4, 0.5) is 0 Å². The van der Waals surface area contributed by atoms with Crippen molar-refractivity contribution < 1.29 is 38.3 Å². The summed E-state index contributed by atoms with van der Waals surface area (Å²) in [5.74, 6) is -0.855. The molecule has 1 aromatic heterocycles. The lowest BCUT2D eigenvalue weighted by molar-refractivity contribution is -0.200. The Balaban J connectivity index is 2.32. The molecule has 2 heterocycles. The van der Waals surface area contributed by atoms with Crippen molar-refractivity contribution in [1.29, 1.82) is 0 Å². The maximum Gasteiger partial charge on any atom is 0.469 e. The number of hydrogen-bond acceptors (Lipinski definition) is 8. The minimum atomic E-state index is -4.95. The minimum absolute atomic E-state index is 0.194. The van der Waals surface area contributed by atoms with E-state index in [1.807, 2.05) is 0 Å². The van der Waals surface area contributed by atoms with Crippen LogP contribution in [-0.2, 0) is 23.4 Å². The number of rotatable bonds is 5. The van der Waals surface area contributed by atoms with E-state index in [9.17, 15) is 24.1 Å². The summed E-state index contributed by atoms with van der Waals surface area (Å²) in [6, 6.07) is 0. The standard InChI is InChI=1S/C12H17N2O10P/c1-5-4-14(12(18)13-10(5)16)8-3-7(24-25(19,20)21)9(23-8)11(17)22-6(2)15/h4,7-9,11,17H,3H2,1-2H3,(H,13,16,18)(H2,19,20,21)/t7-,8+,9-,11?/m0/s1. The summed E-state index contributed by atoms with van der Waals surface area (Å²) >= 11 is 0. The molecule has 0 radical (unpaired) electrons. The van der Waals surface area contributed by atoms with Crippen molar-refractivity contribution in [2.75, 3.05) is 0 Å². The van der Waals surface area contributed by atoms with Gasteiger partial charge in [-0.25, -0.2) is 9.36 Å². The van der Waals surface area contributed by atoms with Crippen LogP contribution >= 0.6 is 7.82 Å². The van der Waals surface area contributed by atoms with Crippen molar-refractivity contribution >= 4 is 13.8 Å². The van der Waals surface area contributed by atoms with Gasteiger partial charge in [-0.2, -0.15) is 0 Å². The largest absolute Gasteiger partial charge is 0.469 e. The second-order valence-electron chi connectivity index (χ2n) is 5.40. The molecule has 0 aromatic carbocycles. The monoisotopic (exact) mass is 380 g/mol. The molecule has 4 N–H and O–H groups in total. The molecule has 12 nitrogen and oxygen atoms in total. The highest BCUT2D eigenvalue weighted by Crippen LogP contribution is 2.44. The van der Waals surface area contributed by atoms with Crippen molar-refractivity contribution in [2.45, 2.75) is 45.0 Å². The number of nitrogens with zero attached hydrogens (tertiary/aromatic N) is 1. The zero-order chi connectivity index (χ0) is 18.9. The third kappa shape index (κ3) is 4.84. The minimum Gasteiger partial charge on any atom is -0.433 e. The highest BCUT2D eigenvalue weighted by molar-refractivity contribution is 7.46. The van der Waals surface area contributed by atoms with Crippen LogP contribution in [0.15, 0.2) is 15.8 Å². The molecule has 0 amide bonds. The van der Waals surface area contributed by atoms with E-state index in [-0.39, 0.29) is 12.0 Å². The number of aliphatic hydroxyl groups is 1. The summed E-state index contributed by atoms with van der Waals surface area (Å²) in [6.07, 6.45) is -4.88. The van der Waals surface area contributed by atoms with Crippen LogP contribution in [-0.4, -0.2) is 48.9 Å². The zero-order valence-corrected chi connectivity index (χ0v) is 14.1. The van der Waals surface area contributed by atoms with E-state index in [1.54, 1.807) is 0 Å². The summed E-state index contributed by atoms with van der Waals surface area (Å²) < 4.78 is 26.6. The molecule has 4 atom stereocenters. The number of H-pyrrole nitrogens is 1. The van der Waals surface area contributed by atoms with Crippen LogP contribution < -0.4 is 11.2 Å². The van der Waals surface area contributed by atoms with Gasteiger partial charge >= 0.3 is 19.5 Å². The zero-order valence-electron chi connectivity index (χ0n) is 13.2. The van der Waals surface area contributed by atoms with E-state index in [0.29, 0.717) is 0 Å². The van der Waals surface area contributed by atoms with Gasteiger partial charge in [-0.1, -0.05) is 0 Å². The van der Waals surface area contributed by atoms with Crippen molar-refractivity contribution in [3.63, 3.8) is 0 Å². The number of aromatic amines is 1. The van der Waals surface area contributed by atoms with Crippen molar-refractivity contribution in [1.82, 2.24) is 9.55 Å². The Morgan fingerprint density at radius 1 is 1.48 bits per heavy atom. The van der Waals surface area contributed by atoms with E-state index in [2.05, 4.69) is 14.2 Å². The number of carbonyl (C=O) groups is 1. The number of phosphoric ester groups is 1. The first-order chi connectivity index (χ1) is 11.5. The van der Waals surface area contributed by atoms with Gasteiger partial charge in [0.05, 0.1) is 0 Å². The topological polar surface area (TPSA) is 177 Å². The average molecular weight is 380 g/mol. The third-order valence-corrected chi connectivity index (χ3v) is 3.96. The summed E-state index contributed by atoms with van der Waals surface area (Å²) in [7, 11) is -4.95. The molecule has 140 valence electrons. The third-order valence-electron chi connectivity index (χ3n) is 3.41. The van der Waals surface area contributed by atoms with Gasteiger partial charge in [-0.3, -0.25) is 23.7 Å². The molecule has 1 aliphatic rings. The van der Waals surface area contributed by atoms with Gasteiger partial charge < -0.3 is 24.4 Å². The number of hydrogen-bond donors (Lipinski definition) is 4. The second kappa shape index (κ2) is 7.20. The lowest BCUT2D eigenvalue weighted by Crippen LogP contribution is -2.38. The lowest BCUT2D eigenvalue weighted by atomic mass is 10.1. The van der Waals surface area contributed by atoms with Gasteiger partial charge in [0.1, 0.15) is 18.4 Å². The van der Waals surface area contributed by atoms with E-state index in [1.165, 1.54) is 13.1 Å². The molecular formula is C12H17N2O10P. The normalized spacial score (nSPS) is 24.9. The Hall–Kier alpha value is -1.82. The maximum absolute atomic E-state index is 11.9. The number of carbonyl (C=O) groups excluding carboxylic acids is 1. The SMILES string of the molecule is CC(=O)OC(O)[C@H]1O[C@@H](n2cc(C)c(=O)[nH]c2=O)C[C@@H]1OP(=O)(O)O. The predicted molar refractivity (Wildman–Crippen MR) is 79.3 cm³/mol. The lowest BCUT2D eigenvalue weighted by Gasteiger charge is -2.23. The number of aryl methyl sites for hydroxylation is 1. The number of esters is 1. The van der Waals surface area contributed by atoms with Crippen LogP contribution in [0, 0.1) is 6.92 Å². The fourth-order valence-electron chi connectivity index (χ4n) is 2.40. The number of aromatic nitrogens is 2. The Labute approximate surface area is 140 Å². The van der Waals surface area contributed by atoms with E-state index in [0.717, 1.165) is 11.5 Å². The second-order valence-corrected chi connectivity index (χ2v) is 6.60. The fraction of sp³-hybridized carbons (Fsp3) is 0.583. The number of nitrogens with one attached hydrogen (secondary N) is 1. The smallest absolute Gasteiger partial charge is 0.433 e. The molecule has 0 bridgehead atoms. The molecular weight excluding hydrogens is 363 g/mol. The van der Waals surface area contributed by atoms with Crippen molar-refractivity contribution in [3.05, 3.63) is 32.6 Å². The van der Waals surface area contributed by atoms with E-state index in [4.69, 9.17) is 14.5 Å².